The van der Waals surface area contributed by atoms with E-state index >= 15 is 0 Å². The molecule has 0 aliphatic rings. The predicted octanol–water partition coefficient (Wildman–Crippen LogP) is 3.25. The van der Waals surface area contributed by atoms with Gasteiger partial charge in [0, 0.05) is 12.6 Å². The summed E-state index contributed by atoms with van der Waals surface area (Å²) in [6.07, 6.45) is 0.777. The molecule has 0 amide bonds. The first-order chi connectivity index (χ1) is 9.54. The number of hydrogen-bond donors (Lipinski definition) is 1. The molecule has 0 aliphatic heterocycles. The van der Waals surface area contributed by atoms with Crippen LogP contribution in [0.5, 0.6) is 0 Å². The molecule has 2 aromatic rings. The van der Waals surface area contributed by atoms with Crippen LogP contribution in [0.25, 0.3) is 0 Å². The maximum absolute atomic E-state index is 13.1. The van der Waals surface area contributed by atoms with Crippen LogP contribution in [0.3, 0.4) is 0 Å². The first kappa shape index (κ1) is 14.8. The molecule has 1 aromatic heterocycles. The average molecular weight is 276 g/mol. The summed E-state index contributed by atoms with van der Waals surface area (Å²) in [5, 5.41) is 0. The summed E-state index contributed by atoms with van der Waals surface area (Å²) in [5.41, 5.74) is 6.93. The Balaban J connectivity index is 1.82. The first-order valence-corrected chi connectivity index (χ1v) is 6.79. The van der Waals surface area contributed by atoms with E-state index in [4.69, 9.17) is 10.2 Å². The number of rotatable bonds is 6. The molecule has 4 heteroatoms. The van der Waals surface area contributed by atoms with Crippen molar-refractivity contribution in [2.45, 2.75) is 25.9 Å². The molecule has 0 spiro atoms. The summed E-state index contributed by atoms with van der Waals surface area (Å²) < 4.78 is 18.7. The van der Waals surface area contributed by atoms with Crippen LogP contribution in [-0.4, -0.2) is 18.5 Å². The molecule has 1 atom stereocenters. The standard InChI is InChI=1S/C16H21FN2O/c1-12-6-7-15(20-12)11-19(2)9-8-16(18)13-4-3-5-14(17)10-13/h3-7,10,16H,8-9,11,18H2,1-2H3. The molecule has 3 nitrogen and oxygen atoms in total. The zero-order valence-corrected chi connectivity index (χ0v) is 12.0. The fraction of sp³-hybridized carbons (Fsp3) is 0.375. The van der Waals surface area contributed by atoms with Crippen molar-refractivity contribution in [2.24, 2.45) is 5.73 Å². The molecule has 0 saturated heterocycles. The molecule has 0 radical (unpaired) electrons. The van der Waals surface area contributed by atoms with Crippen molar-refractivity contribution < 1.29 is 8.81 Å². The minimum atomic E-state index is -0.239. The van der Waals surface area contributed by atoms with E-state index in [2.05, 4.69) is 4.90 Å². The molecule has 0 fully saturated rings. The van der Waals surface area contributed by atoms with Crippen LogP contribution in [0.15, 0.2) is 40.8 Å². The Kier molecular flexibility index (Phi) is 4.93. The van der Waals surface area contributed by atoms with Gasteiger partial charge in [0.15, 0.2) is 0 Å². The lowest BCUT2D eigenvalue weighted by Gasteiger charge is -2.18. The van der Waals surface area contributed by atoms with Gasteiger partial charge in [-0.3, -0.25) is 4.90 Å². The van der Waals surface area contributed by atoms with Crippen molar-refractivity contribution in [3.05, 3.63) is 59.3 Å². The van der Waals surface area contributed by atoms with Crippen molar-refractivity contribution in [1.29, 1.82) is 0 Å². The molecule has 0 aliphatic carbocycles. The van der Waals surface area contributed by atoms with Crippen LogP contribution < -0.4 is 5.73 Å². The minimum absolute atomic E-state index is 0.147. The molecule has 1 unspecified atom stereocenters. The Morgan fingerprint density at radius 2 is 2.10 bits per heavy atom. The van der Waals surface area contributed by atoms with Gasteiger partial charge in [-0.05, 0) is 50.2 Å². The molecule has 108 valence electrons. The zero-order valence-electron chi connectivity index (χ0n) is 12.0. The maximum Gasteiger partial charge on any atom is 0.123 e. The van der Waals surface area contributed by atoms with Crippen LogP contribution in [-0.2, 0) is 6.54 Å². The van der Waals surface area contributed by atoms with Gasteiger partial charge in [-0.25, -0.2) is 4.39 Å². The van der Waals surface area contributed by atoms with Crippen molar-refractivity contribution in [1.82, 2.24) is 4.90 Å². The third-order valence-corrected chi connectivity index (χ3v) is 3.32. The van der Waals surface area contributed by atoms with Gasteiger partial charge in [-0.2, -0.15) is 0 Å². The van der Waals surface area contributed by atoms with E-state index in [1.54, 1.807) is 6.07 Å². The lowest BCUT2D eigenvalue weighted by atomic mass is 10.0. The van der Waals surface area contributed by atoms with E-state index in [1.807, 2.05) is 32.2 Å². The molecule has 2 N–H and O–H groups in total. The SMILES string of the molecule is Cc1ccc(CN(C)CCC(N)c2cccc(F)c2)o1. The minimum Gasteiger partial charge on any atom is -0.465 e. The van der Waals surface area contributed by atoms with Gasteiger partial charge >= 0.3 is 0 Å². The van der Waals surface area contributed by atoms with Crippen LogP contribution in [0.1, 0.15) is 29.5 Å². The van der Waals surface area contributed by atoms with Gasteiger partial charge in [0.1, 0.15) is 17.3 Å². The second-order valence-corrected chi connectivity index (χ2v) is 5.20. The predicted molar refractivity (Wildman–Crippen MR) is 77.7 cm³/mol. The second-order valence-electron chi connectivity index (χ2n) is 5.20. The average Bonchev–Trinajstić information content (AvgIpc) is 2.81. The van der Waals surface area contributed by atoms with Gasteiger partial charge in [0.25, 0.3) is 0 Å². The maximum atomic E-state index is 13.1. The van der Waals surface area contributed by atoms with E-state index in [1.165, 1.54) is 12.1 Å². The van der Waals surface area contributed by atoms with E-state index < -0.39 is 0 Å². The first-order valence-electron chi connectivity index (χ1n) is 6.79. The van der Waals surface area contributed by atoms with Crippen molar-refractivity contribution in [3.63, 3.8) is 0 Å². The summed E-state index contributed by atoms with van der Waals surface area (Å²) in [5.74, 6) is 1.63. The molecule has 1 aromatic carbocycles. The summed E-state index contributed by atoms with van der Waals surface area (Å²) in [4.78, 5) is 2.15. The third-order valence-electron chi connectivity index (χ3n) is 3.32. The number of furan rings is 1. The fourth-order valence-electron chi connectivity index (χ4n) is 2.18. The molecular formula is C16H21FN2O. The van der Waals surface area contributed by atoms with Gasteiger partial charge < -0.3 is 10.2 Å². The van der Waals surface area contributed by atoms with E-state index in [-0.39, 0.29) is 11.9 Å². The lowest BCUT2D eigenvalue weighted by molar-refractivity contribution is 0.281. The summed E-state index contributed by atoms with van der Waals surface area (Å²) in [7, 11) is 2.02. The smallest absolute Gasteiger partial charge is 0.123 e. The highest BCUT2D eigenvalue weighted by Gasteiger charge is 2.09. The normalized spacial score (nSPS) is 12.8. The van der Waals surface area contributed by atoms with E-state index in [0.29, 0.717) is 0 Å². The summed E-state index contributed by atoms with van der Waals surface area (Å²) >= 11 is 0. The number of halogens is 1. The van der Waals surface area contributed by atoms with Crippen LogP contribution in [0.2, 0.25) is 0 Å². The highest BCUT2D eigenvalue weighted by Crippen LogP contribution is 2.16. The van der Waals surface area contributed by atoms with Crippen molar-refractivity contribution in [2.75, 3.05) is 13.6 Å². The number of hydrogen-bond acceptors (Lipinski definition) is 3. The Hall–Kier alpha value is -1.65. The van der Waals surface area contributed by atoms with Gasteiger partial charge in [0.05, 0.1) is 6.54 Å². The number of nitrogens with two attached hydrogens (primary N) is 1. The largest absolute Gasteiger partial charge is 0.465 e. The molecule has 20 heavy (non-hydrogen) atoms. The van der Waals surface area contributed by atoms with E-state index in [0.717, 1.165) is 36.6 Å². The summed E-state index contributed by atoms with van der Waals surface area (Å²) in [6.45, 7) is 3.52. The highest BCUT2D eigenvalue weighted by molar-refractivity contribution is 5.19. The van der Waals surface area contributed by atoms with Crippen LogP contribution in [0, 0.1) is 12.7 Å². The van der Waals surface area contributed by atoms with Crippen molar-refractivity contribution in [3.8, 4) is 0 Å². The Bertz CT molecular complexity index is 553. The van der Waals surface area contributed by atoms with Crippen LogP contribution in [0.4, 0.5) is 4.39 Å². The Labute approximate surface area is 119 Å². The second kappa shape index (κ2) is 6.68. The number of nitrogens with zero attached hydrogens (tertiary/aromatic N) is 1. The molecule has 0 saturated carbocycles. The molecule has 2 rings (SSSR count). The fourth-order valence-corrected chi connectivity index (χ4v) is 2.18. The third kappa shape index (κ3) is 4.18. The topological polar surface area (TPSA) is 42.4 Å². The molecular weight excluding hydrogens is 255 g/mol. The molecule has 0 bridgehead atoms. The van der Waals surface area contributed by atoms with Gasteiger partial charge in [0.2, 0.25) is 0 Å². The zero-order chi connectivity index (χ0) is 14.5. The highest BCUT2D eigenvalue weighted by atomic mass is 19.1. The van der Waals surface area contributed by atoms with Crippen LogP contribution >= 0.6 is 0 Å². The van der Waals surface area contributed by atoms with Gasteiger partial charge in [-0.15, -0.1) is 0 Å². The monoisotopic (exact) mass is 276 g/mol. The van der Waals surface area contributed by atoms with Gasteiger partial charge in [-0.1, -0.05) is 12.1 Å². The lowest BCUT2D eigenvalue weighted by Crippen LogP contribution is -2.23. The van der Waals surface area contributed by atoms with Crippen molar-refractivity contribution >= 4 is 0 Å². The Morgan fingerprint density at radius 3 is 2.75 bits per heavy atom. The molecule has 1 heterocycles. The summed E-state index contributed by atoms with van der Waals surface area (Å²) in [6, 6.07) is 10.3. The number of aryl methyl sites for hydroxylation is 1. The number of benzene rings is 1. The quantitative estimate of drug-likeness (QED) is 0.880. The van der Waals surface area contributed by atoms with E-state index in [9.17, 15) is 4.39 Å². The Morgan fingerprint density at radius 1 is 1.30 bits per heavy atom.